The largest absolute Gasteiger partial charge is 0.407 e. The van der Waals surface area contributed by atoms with Crippen molar-refractivity contribution >= 4 is 34.6 Å². The summed E-state index contributed by atoms with van der Waals surface area (Å²) in [5, 5.41) is 2.34. The molecule has 0 saturated heterocycles. The van der Waals surface area contributed by atoms with Gasteiger partial charge in [0.15, 0.2) is 5.67 Å². The minimum atomic E-state index is -2.58. The van der Waals surface area contributed by atoms with E-state index in [2.05, 4.69) is 96.0 Å². The SMILES string of the molecule is CC(C)(C)[Si](OCC1CC1(F)C#CBr)(c1ccccc1)c1ccccc1. The highest BCUT2D eigenvalue weighted by atomic mass is 79.9. The highest BCUT2D eigenvalue weighted by Crippen LogP contribution is 2.48. The first-order valence-corrected chi connectivity index (χ1v) is 11.6. The van der Waals surface area contributed by atoms with Gasteiger partial charge in [0.25, 0.3) is 8.32 Å². The second-order valence-electron chi connectivity index (χ2n) is 7.96. The van der Waals surface area contributed by atoms with Gasteiger partial charge in [-0.1, -0.05) is 81.4 Å². The van der Waals surface area contributed by atoms with Crippen LogP contribution in [0.3, 0.4) is 0 Å². The van der Waals surface area contributed by atoms with Crippen LogP contribution in [0.4, 0.5) is 4.39 Å². The zero-order valence-corrected chi connectivity index (χ0v) is 18.0. The minimum Gasteiger partial charge on any atom is -0.407 e. The number of hydrogen-bond donors (Lipinski definition) is 0. The van der Waals surface area contributed by atoms with Crippen molar-refractivity contribution in [3.05, 3.63) is 60.7 Å². The average Bonchev–Trinajstić information content (AvgIpc) is 3.26. The lowest BCUT2D eigenvalue weighted by Crippen LogP contribution is -2.66. The summed E-state index contributed by atoms with van der Waals surface area (Å²) in [7, 11) is -2.58. The van der Waals surface area contributed by atoms with E-state index in [1.54, 1.807) is 0 Å². The summed E-state index contributed by atoms with van der Waals surface area (Å²) in [5.74, 6) is 2.48. The molecule has 0 N–H and O–H groups in total. The first-order valence-electron chi connectivity index (χ1n) is 8.90. The summed E-state index contributed by atoms with van der Waals surface area (Å²) in [6.45, 7) is 7.08. The number of rotatable bonds is 5. The van der Waals surface area contributed by atoms with Crippen molar-refractivity contribution in [2.45, 2.75) is 37.9 Å². The third-order valence-corrected chi connectivity index (χ3v) is 10.4. The molecule has 0 spiro atoms. The van der Waals surface area contributed by atoms with Gasteiger partial charge in [0.2, 0.25) is 0 Å². The number of alkyl halides is 1. The molecule has 1 aliphatic carbocycles. The van der Waals surface area contributed by atoms with Gasteiger partial charge in [0.1, 0.15) is 0 Å². The molecule has 0 heterocycles. The Morgan fingerprint density at radius 1 is 1.08 bits per heavy atom. The van der Waals surface area contributed by atoms with E-state index in [1.807, 2.05) is 12.1 Å². The molecule has 1 saturated carbocycles. The van der Waals surface area contributed by atoms with Crippen molar-refractivity contribution in [1.29, 1.82) is 0 Å². The lowest BCUT2D eigenvalue weighted by molar-refractivity contribution is 0.246. The molecule has 4 heteroatoms. The van der Waals surface area contributed by atoms with E-state index in [4.69, 9.17) is 4.43 Å². The average molecular weight is 431 g/mol. The molecule has 2 aromatic carbocycles. The maximum absolute atomic E-state index is 14.6. The molecule has 0 amide bonds. The highest BCUT2D eigenvalue weighted by Gasteiger charge is 2.57. The van der Waals surface area contributed by atoms with E-state index in [0.717, 1.165) is 0 Å². The second-order valence-corrected chi connectivity index (χ2v) is 12.7. The monoisotopic (exact) mass is 430 g/mol. The summed E-state index contributed by atoms with van der Waals surface area (Å²) >= 11 is 3.02. The molecule has 0 bridgehead atoms. The van der Waals surface area contributed by atoms with Crippen LogP contribution in [-0.2, 0) is 4.43 Å². The first-order chi connectivity index (χ1) is 12.3. The maximum Gasteiger partial charge on any atom is 0.261 e. The fourth-order valence-corrected chi connectivity index (χ4v) is 8.65. The molecule has 136 valence electrons. The molecule has 2 atom stereocenters. The molecule has 0 aromatic heterocycles. The van der Waals surface area contributed by atoms with Gasteiger partial charge in [-0.3, -0.25) is 0 Å². The Kier molecular flexibility index (Phi) is 5.44. The zero-order chi connectivity index (χ0) is 18.8. The van der Waals surface area contributed by atoms with Gasteiger partial charge in [-0.05, 0) is 26.2 Å². The smallest absolute Gasteiger partial charge is 0.261 e. The summed E-state index contributed by atoms with van der Waals surface area (Å²) in [5.41, 5.74) is -1.41. The van der Waals surface area contributed by atoms with E-state index in [-0.39, 0.29) is 11.0 Å². The van der Waals surface area contributed by atoms with Crippen molar-refractivity contribution in [3.8, 4) is 10.8 Å². The van der Waals surface area contributed by atoms with Crippen LogP contribution < -0.4 is 10.4 Å². The Labute approximate surface area is 165 Å². The molecule has 0 radical (unpaired) electrons. The summed E-state index contributed by atoms with van der Waals surface area (Å²) in [6, 6.07) is 20.9. The Morgan fingerprint density at radius 3 is 2.00 bits per heavy atom. The Bertz CT molecular complexity index is 767. The van der Waals surface area contributed by atoms with Crippen molar-refractivity contribution < 1.29 is 8.82 Å². The van der Waals surface area contributed by atoms with Crippen molar-refractivity contribution in [3.63, 3.8) is 0 Å². The van der Waals surface area contributed by atoms with Crippen LogP contribution in [0.1, 0.15) is 27.2 Å². The predicted octanol–water partition coefficient (Wildman–Crippen LogP) is 4.65. The van der Waals surface area contributed by atoms with E-state index in [9.17, 15) is 4.39 Å². The number of hydrogen-bond acceptors (Lipinski definition) is 1. The van der Waals surface area contributed by atoms with Crippen molar-refractivity contribution in [2.75, 3.05) is 6.61 Å². The van der Waals surface area contributed by atoms with Gasteiger partial charge in [-0.2, -0.15) is 0 Å². The Morgan fingerprint density at radius 2 is 1.58 bits per heavy atom. The lowest BCUT2D eigenvalue weighted by Gasteiger charge is -2.43. The molecule has 2 aromatic rings. The van der Waals surface area contributed by atoms with Crippen molar-refractivity contribution in [1.82, 2.24) is 0 Å². The Balaban J connectivity index is 2.02. The van der Waals surface area contributed by atoms with Crippen LogP contribution >= 0.6 is 15.9 Å². The fourth-order valence-electron chi connectivity index (χ4n) is 3.71. The molecule has 1 nitrogen and oxygen atoms in total. The molecule has 1 fully saturated rings. The molecule has 2 unspecified atom stereocenters. The fraction of sp³-hybridized carbons (Fsp3) is 0.364. The van der Waals surface area contributed by atoms with Gasteiger partial charge in [0.05, 0.1) is 0 Å². The topological polar surface area (TPSA) is 9.23 Å². The molecular formula is C22H24BrFOSi. The number of halogens is 2. The first kappa shape index (κ1) is 19.4. The highest BCUT2D eigenvalue weighted by molar-refractivity contribution is 9.12. The van der Waals surface area contributed by atoms with Gasteiger partial charge in [-0.25, -0.2) is 4.39 Å². The standard InChI is InChI=1S/C22H24BrFOSi/c1-21(2,3)26(19-10-6-4-7-11-19,20-12-8-5-9-13-20)25-17-18-16-22(18,24)14-15-23/h4-13,18H,16-17H2,1-3H3. The van der Waals surface area contributed by atoms with E-state index >= 15 is 0 Å². The summed E-state index contributed by atoms with van der Waals surface area (Å²) < 4.78 is 21.3. The Hall–Kier alpha value is -1.41. The third-order valence-electron chi connectivity index (χ3n) is 5.20. The van der Waals surface area contributed by atoms with Gasteiger partial charge in [0, 0.05) is 34.9 Å². The van der Waals surface area contributed by atoms with Crippen LogP contribution in [0.15, 0.2) is 60.7 Å². The third kappa shape index (κ3) is 3.53. The van der Waals surface area contributed by atoms with Crippen LogP contribution in [0.25, 0.3) is 0 Å². The van der Waals surface area contributed by atoms with Gasteiger partial charge >= 0.3 is 0 Å². The summed E-state index contributed by atoms with van der Waals surface area (Å²) in [6.07, 6.45) is 0.448. The molecule has 26 heavy (non-hydrogen) atoms. The van der Waals surface area contributed by atoms with Gasteiger partial charge in [-0.15, -0.1) is 0 Å². The zero-order valence-electron chi connectivity index (χ0n) is 15.4. The van der Waals surface area contributed by atoms with Crippen molar-refractivity contribution in [2.24, 2.45) is 5.92 Å². The predicted molar refractivity (Wildman–Crippen MR) is 112 cm³/mol. The van der Waals surface area contributed by atoms with Crippen LogP contribution in [0, 0.1) is 16.7 Å². The lowest BCUT2D eigenvalue weighted by atomic mass is 10.2. The molecule has 1 aliphatic rings. The van der Waals surface area contributed by atoms with Crippen LogP contribution in [0.5, 0.6) is 0 Å². The second kappa shape index (κ2) is 7.30. The van der Waals surface area contributed by atoms with Crippen LogP contribution in [0.2, 0.25) is 5.04 Å². The summed E-state index contributed by atoms with van der Waals surface area (Å²) in [4.78, 5) is 2.53. The normalized spacial score (nSPS) is 22.4. The quantitative estimate of drug-likeness (QED) is 0.495. The van der Waals surface area contributed by atoms with Crippen LogP contribution in [-0.4, -0.2) is 20.6 Å². The van der Waals surface area contributed by atoms with E-state index in [1.165, 1.54) is 10.4 Å². The van der Waals surface area contributed by atoms with Gasteiger partial charge < -0.3 is 4.43 Å². The molecule has 0 aliphatic heterocycles. The molecular weight excluding hydrogens is 407 g/mol. The number of benzene rings is 2. The molecule has 3 rings (SSSR count). The van der Waals surface area contributed by atoms with E-state index in [0.29, 0.717) is 13.0 Å². The maximum atomic E-state index is 14.6. The minimum absolute atomic E-state index is 0.0926. The van der Waals surface area contributed by atoms with E-state index < -0.39 is 14.0 Å².